The highest BCUT2D eigenvalue weighted by atomic mass is 16.3. The van der Waals surface area contributed by atoms with Gasteiger partial charge in [-0.25, -0.2) is 0 Å². The molecule has 0 heterocycles. The molecule has 17 aromatic rings. The van der Waals surface area contributed by atoms with E-state index in [1.807, 2.05) is 121 Å². The largest absolute Gasteiger partial charge is 0.508 e. The van der Waals surface area contributed by atoms with E-state index >= 15 is 0 Å². The van der Waals surface area contributed by atoms with Crippen molar-refractivity contribution in [1.29, 1.82) is 0 Å². The molecule has 2 saturated carbocycles. The lowest BCUT2D eigenvalue weighted by Crippen LogP contribution is -2.43. The fourth-order valence-corrected chi connectivity index (χ4v) is 20.8. The molecule has 2 fully saturated rings. The molecule has 2 aliphatic rings. The SMILES string of the molecule is CC(C)(C1CCC(c2ccc(O)cc2)(c2ccc(O)cc2)CC1)C1CCC(c2ccc(O)cc2)(c2ccc(O)cc2)CC1.CC(C)(c1ccc(O)cc1)c1ccc(C(C)(c2ccc(O)cc2)c2ccc(O)cc2)cc1.Oc1ccc(-c2cc(-c3ccc(O)cc3)cc(-c3ccc(O)cc3)c2)cc1.Oc1ccc(C(c2ccc(O)cc2)c2ccc(C(c3ccc(O)cc3)c3ccc(O)cc3)cc2)cc1. The van der Waals surface area contributed by atoms with Crippen LogP contribution in [0.5, 0.6) is 80.5 Å². The average Bonchev–Trinajstić information content (AvgIpc) is 0.727. The predicted molar refractivity (Wildman–Crippen MR) is 549 cm³/mol. The third kappa shape index (κ3) is 21.3. The van der Waals surface area contributed by atoms with E-state index in [4.69, 9.17) is 0 Å². The summed E-state index contributed by atoms with van der Waals surface area (Å²) in [7, 11) is 0. The maximum absolute atomic E-state index is 9.99. The van der Waals surface area contributed by atoms with Crippen molar-refractivity contribution >= 4 is 0 Å². The van der Waals surface area contributed by atoms with Gasteiger partial charge in [-0.15, -0.1) is 0 Å². The zero-order valence-electron chi connectivity index (χ0n) is 77.9. The van der Waals surface area contributed by atoms with Crippen LogP contribution in [0.2, 0.25) is 0 Å². The molecule has 696 valence electrons. The van der Waals surface area contributed by atoms with E-state index in [0.717, 1.165) is 140 Å². The summed E-state index contributed by atoms with van der Waals surface area (Å²) in [4.78, 5) is 0. The minimum atomic E-state index is -0.470. The van der Waals surface area contributed by atoms with Gasteiger partial charge >= 0.3 is 0 Å². The van der Waals surface area contributed by atoms with Crippen LogP contribution in [0.25, 0.3) is 33.4 Å². The van der Waals surface area contributed by atoms with E-state index in [-0.39, 0.29) is 114 Å². The van der Waals surface area contributed by atoms with Crippen LogP contribution in [0, 0.1) is 17.3 Å². The van der Waals surface area contributed by atoms with Gasteiger partial charge in [0, 0.05) is 33.5 Å². The molecule has 17 aromatic carbocycles. The quantitative estimate of drug-likeness (QED) is 0.0316. The molecule has 14 N–H and O–H groups in total. The van der Waals surface area contributed by atoms with E-state index in [2.05, 4.69) is 150 Å². The molecule has 0 unspecified atom stereocenters. The van der Waals surface area contributed by atoms with Crippen molar-refractivity contribution in [3.05, 3.63) is 490 Å². The third-order valence-corrected chi connectivity index (χ3v) is 29.2. The maximum Gasteiger partial charge on any atom is 0.115 e. The van der Waals surface area contributed by atoms with Gasteiger partial charge < -0.3 is 71.5 Å². The first-order valence-electron chi connectivity index (χ1n) is 46.9. The van der Waals surface area contributed by atoms with E-state index in [0.29, 0.717) is 11.8 Å². The van der Waals surface area contributed by atoms with Crippen LogP contribution in [0.3, 0.4) is 0 Å². The first-order chi connectivity index (χ1) is 66.4. The molecular weight excluding hydrogens is 1710 g/mol. The van der Waals surface area contributed by atoms with Gasteiger partial charge in [0.15, 0.2) is 0 Å². The van der Waals surface area contributed by atoms with Gasteiger partial charge in [-0.3, -0.25) is 0 Å². The lowest BCUT2D eigenvalue weighted by molar-refractivity contribution is 0.0364. The first-order valence-corrected chi connectivity index (χ1v) is 46.9. The zero-order chi connectivity index (χ0) is 97.0. The van der Waals surface area contributed by atoms with E-state index in [1.165, 1.54) is 27.8 Å². The lowest BCUT2D eigenvalue weighted by atomic mass is 9.53. The van der Waals surface area contributed by atoms with Crippen LogP contribution in [0.1, 0.15) is 181 Å². The Kier molecular flexibility index (Phi) is 28.3. The highest BCUT2D eigenvalue weighted by Gasteiger charge is 2.48. The minimum Gasteiger partial charge on any atom is -0.508 e. The van der Waals surface area contributed by atoms with Gasteiger partial charge in [0.25, 0.3) is 0 Å². The number of phenols is 14. The summed E-state index contributed by atoms with van der Waals surface area (Å²) in [5.74, 6) is 4.44. The van der Waals surface area contributed by atoms with Crippen LogP contribution < -0.4 is 0 Å². The second kappa shape index (κ2) is 41.0. The number of rotatable bonds is 20. The fourth-order valence-electron chi connectivity index (χ4n) is 20.8. The molecule has 14 nitrogen and oxygen atoms in total. The summed E-state index contributed by atoms with van der Waals surface area (Å²) in [6, 6.07) is 126. The molecule has 19 rings (SSSR count). The summed E-state index contributed by atoms with van der Waals surface area (Å²) in [5, 5.41) is 137. The summed E-state index contributed by atoms with van der Waals surface area (Å²) >= 11 is 0. The Balaban J connectivity index is 0.000000135. The van der Waals surface area contributed by atoms with Crippen molar-refractivity contribution in [2.45, 2.75) is 119 Å². The van der Waals surface area contributed by atoms with Gasteiger partial charge in [0.1, 0.15) is 80.5 Å². The van der Waals surface area contributed by atoms with Crippen LogP contribution in [0.4, 0.5) is 0 Å². The minimum absolute atomic E-state index is 0.0824. The van der Waals surface area contributed by atoms with Crippen molar-refractivity contribution in [3.63, 3.8) is 0 Å². The third-order valence-electron chi connectivity index (χ3n) is 29.2. The standard InChI is InChI=1S/C39H44O4.C32H26O4.C29H28O3.C24H18O3/c1-37(2,27-19-23-38(24-20-27,29-3-11-33(40)12-4-29)30-5-13-34(41)14-6-30)28-21-25-39(26-22-28,31-7-15-35(42)16-8-31)32-9-17-36(43)18-10-32;33-27-13-5-23(6-14-27)31(24-7-15-28(34)16-8-24)21-1-2-22(4-3-21)32(25-9-17-29(35)18-10-25)26-11-19-30(36)20-12-26;1-28(2,21-8-14-25(30)15-9-21)20-4-6-22(7-5-20)29(3,23-10-16-26(31)17-11-23)24-12-18-27(32)19-13-24;25-22-7-1-16(2-8-22)19-13-20(17-3-9-23(26)10-4-17)15-21(14-19)18-5-11-24(27)12-6-18/h3-18,27-28,40-43H,19-26H2,1-2H3;1-20,31-36H;4-19,30-32H,1-3H3;1-15,25-27H. The van der Waals surface area contributed by atoms with Crippen molar-refractivity contribution in [2.75, 3.05) is 0 Å². The summed E-state index contributed by atoms with van der Waals surface area (Å²) in [6.07, 6.45) is 8.67. The molecule has 0 atom stereocenters. The molecule has 2 aliphatic carbocycles. The van der Waals surface area contributed by atoms with Gasteiger partial charge in [-0.1, -0.05) is 246 Å². The Labute approximate surface area is 806 Å². The molecule has 138 heavy (non-hydrogen) atoms. The Hall–Kier alpha value is -16.1. The van der Waals surface area contributed by atoms with Crippen LogP contribution in [-0.4, -0.2) is 71.5 Å². The van der Waals surface area contributed by atoms with Crippen molar-refractivity contribution in [2.24, 2.45) is 17.3 Å². The van der Waals surface area contributed by atoms with Crippen LogP contribution >= 0.6 is 0 Å². The smallest absolute Gasteiger partial charge is 0.115 e. The van der Waals surface area contributed by atoms with E-state index in [9.17, 15) is 71.5 Å². The maximum atomic E-state index is 9.99. The van der Waals surface area contributed by atoms with E-state index < -0.39 is 5.41 Å². The molecular formula is C124H116O14. The highest BCUT2D eigenvalue weighted by Crippen LogP contribution is 2.58. The molecule has 14 heteroatoms. The molecule has 0 bridgehead atoms. The van der Waals surface area contributed by atoms with Gasteiger partial charge in [0.2, 0.25) is 0 Å². The average molecular weight is 1830 g/mol. The Morgan fingerprint density at radius 3 is 0.543 bits per heavy atom. The summed E-state index contributed by atoms with van der Waals surface area (Å²) in [5.41, 5.74) is 22.0. The zero-order valence-corrected chi connectivity index (χ0v) is 77.9. The topological polar surface area (TPSA) is 283 Å². The normalized spacial score (nSPS) is 13.8. The van der Waals surface area contributed by atoms with Crippen LogP contribution in [0.15, 0.2) is 406 Å². The molecule has 0 amide bonds. The Bertz CT molecular complexity index is 6240. The second-order valence-corrected chi connectivity index (χ2v) is 38.0. The molecule has 0 radical (unpaired) electrons. The Morgan fingerprint density at radius 1 is 0.188 bits per heavy atom. The van der Waals surface area contributed by atoms with Gasteiger partial charge in [-0.05, 0) is 380 Å². The predicted octanol–water partition coefficient (Wildman–Crippen LogP) is 28.3. The molecule has 0 aliphatic heterocycles. The van der Waals surface area contributed by atoms with Crippen molar-refractivity contribution < 1.29 is 71.5 Å². The molecule has 0 saturated heterocycles. The Morgan fingerprint density at radius 2 is 0.341 bits per heavy atom. The number of aromatic hydroxyl groups is 14. The second-order valence-electron chi connectivity index (χ2n) is 38.0. The number of phenolic OH excluding ortho intramolecular Hbond substituents is 14. The van der Waals surface area contributed by atoms with Gasteiger partial charge in [0.05, 0.1) is 0 Å². The summed E-state index contributed by atoms with van der Waals surface area (Å²) in [6.45, 7) is 11.5. The van der Waals surface area contributed by atoms with Crippen molar-refractivity contribution in [1.82, 2.24) is 0 Å². The number of benzene rings is 17. The van der Waals surface area contributed by atoms with Gasteiger partial charge in [-0.2, -0.15) is 0 Å². The number of hydrogen-bond acceptors (Lipinski definition) is 14. The van der Waals surface area contributed by atoms with Crippen molar-refractivity contribution in [3.8, 4) is 114 Å². The first kappa shape index (κ1) is 95.1. The highest BCUT2D eigenvalue weighted by molar-refractivity contribution is 5.82. The number of hydrogen-bond donors (Lipinski definition) is 14. The lowest BCUT2D eigenvalue weighted by Gasteiger charge is -2.51. The van der Waals surface area contributed by atoms with E-state index in [1.54, 1.807) is 170 Å². The molecule has 0 spiro atoms. The monoisotopic (exact) mass is 1830 g/mol. The summed E-state index contributed by atoms with van der Waals surface area (Å²) < 4.78 is 0. The van der Waals surface area contributed by atoms with Crippen LogP contribution in [-0.2, 0) is 21.7 Å². The fraction of sp³-hybridized carbons (Fsp3) is 0.177. The molecule has 0 aromatic heterocycles.